The SMILES string of the molecule is CCCn1ncnc1COc1cccc(N)c1C(=O)O. The van der Waals surface area contributed by atoms with Crippen LogP contribution in [-0.4, -0.2) is 25.8 Å². The average Bonchev–Trinajstić information content (AvgIpc) is 2.84. The number of carboxylic acid groups (broad SMARTS) is 1. The predicted molar refractivity (Wildman–Crippen MR) is 72.5 cm³/mol. The van der Waals surface area contributed by atoms with Crippen molar-refractivity contribution in [2.24, 2.45) is 0 Å². The van der Waals surface area contributed by atoms with Crippen molar-refractivity contribution >= 4 is 11.7 Å². The van der Waals surface area contributed by atoms with Crippen molar-refractivity contribution < 1.29 is 14.6 Å². The lowest BCUT2D eigenvalue weighted by Crippen LogP contribution is -2.11. The highest BCUT2D eigenvalue weighted by molar-refractivity contribution is 5.96. The van der Waals surface area contributed by atoms with Crippen molar-refractivity contribution in [1.29, 1.82) is 0 Å². The molecule has 7 heteroatoms. The van der Waals surface area contributed by atoms with E-state index in [2.05, 4.69) is 10.1 Å². The molecule has 3 N–H and O–H groups in total. The largest absolute Gasteiger partial charge is 0.485 e. The topological polar surface area (TPSA) is 103 Å². The number of aryl methyl sites for hydroxylation is 1. The van der Waals surface area contributed by atoms with Crippen molar-refractivity contribution in [2.75, 3.05) is 5.73 Å². The third-order valence-electron chi connectivity index (χ3n) is 2.76. The fourth-order valence-corrected chi connectivity index (χ4v) is 1.84. The molecule has 0 aliphatic heterocycles. The Morgan fingerprint density at radius 2 is 2.30 bits per heavy atom. The van der Waals surface area contributed by atoms with Gasteiger partial charge in [-0.05, 0) is 18.6 Å². The van der Waals surface area contributed by atoms with Gasteiger partial charge in [-0.2, -0.15) is 5.10 Å². The van der Waals surface area contributed by atoms with Crippen LogP contribution in [0.25, 0.3) is 0 Å². The Balaban J connectivity index is 2.17. The maximum absolute atomic E-state index is 11.2. The average molecular weight is 276 g/mol. The molecule has 20 heavy (non-hydrogen) atoms. The van der Waals surface area contributed by atoms with Crippen molar-refractivity contribution in [3.8, 4) is 5.75 Å². The van der Waals surface area contributed by atoms with Crippen molar-refractivity contribution in [2.45, 2.75) is 26.5 Å². The molecular formula is C13H16N4O3. The monoisotopic (exact) mass is 276 g/mol. The summed E-state index contributed by atoms with van der Waals surface area (Å²) in [4.78, 5) is 15.3. The molecule has 1 heterocycles. The number of hydrogen-bond acceptors (Lipinski definition) is 5. The number of benzene rings is 1. The summed E-state index contributed by atoms with van der Waals surface area (Å²) in [5.74, 6) is -0.248. The lowest BCUT2D eigenvalue weighted by atomic mass is 10.1. The molecule has 2 aromatic rings. The molecule has 0 aliphatic carbocycles. The van der Waals surface area contributed by atoms with Gasteiger partial charge in [-0.15, -0.1) is 0 Å². The van der Waals surface area contributed by atoms with E-state index in [-0.39, 0.29) is 23.6 Å². The number of ether oxygens (including phenoxy) is 1. The minimum atomic E-state index is -1.12. The number of aromatic carboxylic acids is 1. The Kier molecular flexibility index (Phi) is 4.19. The van der Waals surface area contributed by atoms with E-state index in [0.717, 1.165) is 13.0 Å². The van der Waals surface area contributed by atoms with Crippen LogP contribution in [0.5, 0.6) is 5.75 Å². The van der Waals surface area contributed by atoms with E-state index in [4.69, 9.17) is 15.6 Å². The highest BCUT2D eigenvalue weighted by Crippen LogP contribution is 2.24. The number of carboxylic acids is 1. The molecule has 0 radical (unpaired) electrons. The summed E-state index contributed by atoms with van der Waals surface area (Å²) < 4.78 is 7.26. The van der Waals surface area contributed by atoms with Gasteiger partial charge in [-0.3, -0.25) is 0 Å². The van der Waals surface area contributed by atoms with Crippen LogP contribution in [0, 0.1) is 0 Å². The first-order valence-electron chi connectivity index (χ1n) is 6.24. The second-order valence-corrected chi connectivity index (χ2v) is 4.21. The summed E-state index contributed by atoms with van der Waals surface area (Å²) in [5, 5.41) is 13.2. The predicted octanol–water partition coefficient (Wildman–Crippen LogP) is 1.55. The summed E-state index contributed by atoms with van der Waals surface area (Å²) in [6.45, 7) is 2.91. The van der Waals surface area contributed by atoms with E-state index in [1.807, 2.05) is 6.92 Å². The number of nitrogens with two attached hydrogens (primary N) is 1. The molecule has 0 saturated heterocycles. The van der Waals surface area contributed by atoms with Crippen molar-refractivity contribution in [3.05, 3.63) is 35.9 Å². The summed E-state index contributed by atoms with van der Waals surface area (Å²) in [6.07, 6.45) is 2.38. The Morgan fingerprint density at radius 1 is 1.50 bits per heavy atom. The smallest absolute Gasteiger partial charge is 0.341 e. The van der Waals surface area contributed by atoms with Gasteiger partial charge in [0.25, 0.3) is 0 Å². The summed E-state index contributed by atoms with van der Waals surface area (Å²) in [7, 11) is 0. The number of nitrogens with zero attached hydrogens (tertiary/aromatic N) is 3. The molecule has 2 rings (SSSR count). The Bertz CT molecular complexity index is 609. The van der Waals surface area contributed by atoms with Gasteiger partial charge >= 0.3 is 5.97 Å². The van der Waals surface area contributed by atoms with Crippen LogP contribution < -0.4 is 10.5 Å². The molecule has 106 valence electrons. The molecule has 7 nitrogen and oxygen atoms in total. The molecule has 0 fully saturated rings. The second-order valence-electron chi connectivity index (χ2n) is 4.21. The van der Waals surface area contributed by atoms with Crippen LogP contribution in [-0.2, 0) is 13.2 Å². The lowest BCUT2D eigenvalue weighted by molar-refractivity contribution is 0.0693. The zero-order chi connectivity index (χ0) is 14.5. The molecule has 0 aliphatic rings. The van der Waals surface area contributed by atoms with Crippen LogP contribution in [0.2, 0.25) is 0 Å². The highest BCUT2D eigenvalue weighted by Gasteiger charge is 2.15. The molecule has 0 unspecified atom stereocenters. The van der Waals surface area contributed by atoms with Crippen molar-refractivity contribution in [3.63, 3.8) is 0 Å². The summed E-state index contributed by atoms with van der Waals surface area (Å²) >= 11 is 0. The van der Waals surface area contributed by atoms with Crippen molar-refractivity contribution in [1.82, 2.24) is 14.8 Å². The minimum absolute atomic E-state index is 0.0333. The van der Waals surface area contributed by atoms with E-state index >= 15 is 0 Å². The molecule has 0 atom stereocenters. The van der Waals surface area contributed by atoms with Crippen LogP contribution in [0.15, 0.2) is 24.5 Å². The molecule has 0 bridgehead atoms. The quantitative estimate of drug-likeness (QED) is 0.776. The summed E-state index contributed by atoms with van der Waals surface area (Å²) in [5.41, 5.74) is 5.79. The first-order chi connectivity index (χ1) is 9.63. The van der Waals surface area contributed by atoms with E-state index < -0.39 is 5.97 Å². The number of nitrogen functional groups attached to an aromatic ring is 1. The second kappa shape index (κ2) is 6.05. The maximum Gasteiger partial charge on any atom is 0.341 e. The number of hydrogen-bond donors (Lipinski definition) is 2. The number of anilines is 1. The van der Waals surface area contributed by atoms with Gasteiger partial charge in [0.2, 0.25) is 0 Å². The van der Waals surface area contributed by atoms with Gasteiger partial charge in [0.05, 0.1) is 0 Å². The summed E-state index contributed by atoms with van der Waals surface area (Å²) in [6, 6.07) is 4.74. The van der Waals surface area contributed by atoms with Gasteiger partial charge < -0.3 is 15.6 Å². The molecule has 1 aromatic heterocycles. The fourth-order valence-electron chi connectivity index (χ4n) is 1.84. The zero-order valence-electron chi connectivity index (χ0n) is 11.1. The number of carbonyl (C=O) groups is 1. The third-order valence-corrected chi connectivity index (χ3v) is 2.76. The minimum Gasteiger partial charge on any atom is -0.485 e. The third kappa shape index (κ3) is 2.87. The molecule has 0 saturated carbocycles. The zero-order valence-corrected chi connectivity index (χ0v) is 11.1. The molecule has 0 amide bonds. The first kappa shape index (κ1) is 13.9. The Morgan fingerprint density at radius 3 is 3.00 bits per heavy atom. The molecule has 0 spiro atoms. The van der Waals surface area contributed by atoms with Gasteiger partial charge in [0.15, 0.2) is 5.82 Å². The molecular weight excluding hydrogens is 260 g/mol. The molecule has 1 aromatic carbocycles. The highest BCUT2D eigenvalue weighted by atomic mass is 16.5. The van der Waals surface area contributed by atoms with Crippen LogP contribution in [0.3, 0.4) is 0 Å². The van der Waals surface area contributed by atoms with Crippen LogP contribution in [0.4, 0.5) is 5.69 Å². The van der Waals surface area contributed by atoms with Gasteiger partial charge in [0, 0.05) is 12.2 Å². The van der Waals surface area contributed by atoms with Crippen LogP contribution in [0.1, 0.15) is 29.5 Å². The van der Waals surface area contributed by atoms with Crippen LogP contribution >= 0.6 is 0 Å². The van der Waals surface area contributed by atoms with E-state index in [1.165, 1.54) is 12.4 Å². The fraction of sp³-hybridized carbons (Fsp3) is 0.308. The maximum atomic E-state index is 11.2. The Labute approximate surface area is 116 Å². The lowest BCUT2D eigenvalue weighted by Gasteiger charge is -2.11. The Hall–Kier alpha value is -2.57. The van der Waals surface area contributed by atoms with Gasteiger partial charge in [0.1, 0.15) is 24.2 Å². The van der Waals surface area contributed by atoms with E-state index in [1.54, 1.807) is 16.8 Å². The standard InChI is InChI=1S/C13H16N4O3/c1-2-6-17-11(15-8-16-17)7-20-10-5-3-4-9(14)12(10)13(18)19/h3-5,8H,2,6-7,14H2,1H3,(H,18,19). The number of rotatable bonds is 6. The van der Waals surface area contributed by atoms with E-state index in [0.29, 0.717) is 5.82 Å². The number of aromatic nitrogens is 3. The van der Waals surface area contributed by atoms with Gasteiger partial charge in [-0.25, -0.2) is 14.5 Å². The normalized spacial score (nSPS) is 10.4. The van der Waals surface area contributed by atoms with Gasteiger partial charge in [-0.1, -0.05) is 13.0 Å². The van der Waals surface area contributed by atoms with E-state index in [9.17, 15) is 4.79 Å². The first-order valence-corrected chi connectivity index (χ1v) is 6.24.